The minimum Gasteiger partial charge on any atom is -0.327 e. The smallest absolute Gasteiger partial charge is 0.00823 e. The van der Waals surface area contributed by atoms with E-state index >= 15 is 0 Å². The molecular formula is C13H19N. The standard InChI is InChI=1S/C13H19N/c1-11(2)8-9-13(14)10-12-6-4-3-5-7-12/h3-7,13H,1,8-10,14H2,2H3/t13-/m1/s1. The highest BCUT2D eigenvalue weighted by atomic mass is 14.6. The van der Waals surface area contributed by atoms with Gasteiger partial charge in [-0.1, -0.05) is 35.9 Å². The van der Waals surface area contributed by atoms with Crippen LogP contribution in [0.25, 0.3) is 0 Å². The largest absolute Gasteiger partial charge is 0.327 e. The van der Waals surface area contributed by atoms with E-state index in [9.17, 15) is 0 Å². The van der Waals surface area contributed by atoms with Crippen LogP contribution in [0.2, 0.25) is 0 Å². The predicted molar refractivity (Wildman–Crippen MR) is 62.2 cm³/mol. The van der Waals surface area contributed by atoms with Gasteiger partial charge in [0.25, 0.3) is 0 Å². The summed E-state index contributed by atoms with van der Waals surface area (Å²) >= 11 is 0. The number of rotatable bonds is 5. The van der Waals surface area contributed by atoms with Gasteiger partial charge in [0, 0.05) is 6.04 Å². The molecule has 0 aliphatic rings. The average molecular weight is 189 g/mol. The molecule has 0 aliphatic carbocycles. The SMILES string of the molecule is C=C(C)CC[C@@H](N)Cc1ccccc1. The summed E-state index contributed by atoms with van der Waals surface area (Å²) in [5.41, 5.74) is 8.55. The zero-order chi connectivity index (χ0) is 10.4. The molecule has 1 atom stereocenters. The van der Waals surface area contributed by atoms with Crippen LogP contribution < -0.4 is 5.73 Å². The first-order valence-corrected chi connectivity index (χ1v) is 5.12. The van der Waals surface area contributed by atoms with E-state index in [1.54, 1.807) is 0 Å². The topological polar surface area (TPSA) is 26.0 Å². The molecule has 0 unspecified atom stereocenters. The summed E-state index contributed by atoms with van der Waals surface area (Å²) in [4.78, 5) is 0. The molecule has 0 radical (unpaired) electrons. The molecule has 0 amide bonds. The number of nitrogens with two attached hydrogens (primary N) is 1. The van der Waals surface area contributed by atoms with Crippen molar-refractivity contribution < 1.29 is 0 Å². The number of hydrogen-bond acceptors (Lipinski definition) is 1. The molecule has 0 fully saturated rings. The molecule has 1 nitrogen and oxygen atoms in total. The minimum atomic E-state index is 0.258. The van der Waals surface area contributed by atoms with Gasteiger partial charge in [-0.25, -0.2) is 0 Å². The average Bonchev–Trinajstić information content (AvgIpc) is 2.16. The van der Waals surface area contributed by atoms with E-state index in [1.165, 1.54) is 11.1 Å². The molecule has 1 heteroatoms. The lowest BCUT2D eigenvalue weighted by Crippen LogP contribution is -2.22. The van der Waals surface area contributed by atoms with Gasteiger partial charge in [-0.2, -0.15) is 0 Å². The zero-order valence-electron chi connectivity index (χ0n) is 8.87. The van der Waals surface area contributed by atoms with Crippen LogP contribution in [0.5, 0.6) is 0 Å². The van der Waals surface area contributed by atoms with E-state index in [0.717, 1.165) is 19.3 Å². The maximum atomic E-state index is 6.01. The van der Waals surface area contributed by atoms with Crippen LogP contribution in [0.1, 0.15) is 25.3 Å². The summed E-state index contributed by atoms with van der Waals surface area (Å²) in [5.74, 6) is 0. The monoisotopic (exact) mass is 189 g/mol. The van der Waals surface area contributed by atoms with Crippen LogP contribution in [0.15, 0.2) is 42.5 Å². The van der Waals surface area contributed by atoms with Gasteiger partial charge in [0.1, 0.15) is 0 Å². The van der Waals surface area contributed by atoms with Crippen molar-refractivity contribution in [3.05, 3.63) is 48.0 Å². The first-order valence-electron chi connectivity index (χ1n) is 5.12. The van der Waals surface area contributed by atoms with Crippen molar-refractivity contribution >= 4 is 0 Å². The van der Waals surface area contributed by atoms with Crippen molar-refractivity contribution in [2.45, 2.75) is 32.2 Å². The lowest BCUT2D eigenvalue weighted by atomic mass is 10.0. The number of hydrogen-bond donors (Lipinski definition) is 1. The fraction of sp³-hybridized carbons (Fsp3) is 0.385. The van der Waals surface area contributed by atoms with Crippen molar-refractivity contribution in [2.24, 2.45) is 5.73 Å². The van der Waals surface area contributed by atoms with Crippen molar-refractivity contribution in [2.75, 3.05) is 0 Å². The molecule has 0 spiro atoms. The summed E-state index contributed by atoms with van der Waals surface area (Å²) in [6, 6.07) is 10.7. The molecule has 1 aromatic rings. The Bertz CT molecular complexity index is 277. The highest BCUT2D eigenvalue weighted by Gasteiger charge is 2.03. The van der Waals surface area contributed by atoms with Crippen molar-refractivity contribution in [3.8, 4) is 0 Å². The summed E-state index contributed by atoms with van der Waals surface area (Å²) in [6.07, 6.45) is 3.03. The third-order valence-electron chi connectivity index (χ3n) is 2.28. The van der Waals surface area contributed by atoms with Crippen LogP contribution in [0.4, 0.5) is 0 Å². The minimum absolute atomic E-state index is 0.258. The second-order valence-corrected chi connectivity index (χ2v) is 3.95. The van der Waals surface area contributed by atoms with E-state index in [0.29, 0.717) is 0 Å². The third kappa shape index (κ3) is 4.24. The highest BCUT2D eigenvalue weighted by Crippen LogP contribution is 2.08. The Labute approximate surface area is 86.6 Å². The molecule has 0 saturated heterocycles. The summed E-state index contributed by atoms with van der Waals surface area (Å²) in [5, 5.41) is 0. The quantitative estimate of drug-likeness (QED) is 0.708. The van der Waals surface area contributed by atoms with Crippen molar-refractivity contribution in [3.63, 3.8) is 0 Å². The van der Waals surface area contributed by atoms with Gasteiger partial charge in [0.15, 0.2) is 0 Å². The molecule has 2 N–H and O–H groups in total. The molecule has 0 bridgehead atoms. The molecular weight excluding hydrogens is 170 g/mol. The van der Waals surface area contributed by atoms with Gasteiger partial charge >= 0.3 is 0 Å². The normalized spacial score (nSPS) is 12.4. The fourth-order valence-corrected chi connectivity index (χ4v) is 1.45. The molecule has 0 aliphatic heterocycles. The van der Waals surface area contributed by atoms with Crippen LogP contribution >= 0.6 is 0 Å². The van der Waals surface area contributed by atoms with E-state index in [-0.39, 0.29) is 6.04 Å². The number of benzene rings is 1. The zero-order valence-corrected chi connectivity index (χ0v) is 8.87. The van der Waals surface area contributed by atoms with E-state index in [4.69, 9.17) is 5.73 Å². The fourth-order valence-electron chi connectivity index (χ4n) is 1.45. The Morgan fingerprint density at radius 3 is 2.57 bits per heavy atom. The van der Waals surface area contributed by atoms with Gasteiger partial charge in [0.2, 0.25) is 0 Å². The number of allylic oxidation sites excluding steroid dienone is 1. The Balaban J connectivity index is 2.34. The first-order chi connectivity index (χ1) is 6.68. The Kier molecular flexibility index (Phi) is 4.41. The lowest BCUT2D eigenvalue weighted by molar-refractivity contribution is 0.609. The second kappa shape index (κ2) is 5.61. The summed E-state index contributed by atoms with van der Waals surface area (Å²) in [6.45, 7) is 5.93. The predicted octanol–water partition coefficient (Wildman–Crippen LogP) is 2.91. The first kappa shape index (κ1) is 11.0. The molecule has 76 valence electrons. The van der Waals surface area contributed by atoms with Gasteiger partial charge < -0.3 is 5.73 Å². The maximum absolute atomic E-state index is 6.01. The van der Waals surface area contributed by atoms with Gasteiger partial charge in [-0.3, -0.25) is 0 Å². The molecule has 0 aromatic heterocycles. The highest BCUT2D eigenvalue weighted by molar-refractivity contribution is 5.15. The van der Waals surface area contributed by atoms with Crippen LogP contribution in [0, 0.1) is 0 Å². The van der Waals surface area contributed by atoms with E-state index < -0.39 is 0 Å². The van der Waals surface area contributed by atoms with Crippen LogP contribution in [-0.2, 0) is 6.42 Å². The van der Waals surface area contributed by atoms with Crippen molar-refractivity contribution in [1.29, 1.82) is 0 Å². The molecule has 0 saturated carbocycles. The Morgan fingerprint density at radius 1 is 1.36 bits per heavy atom. The lowest BCUT2D eigenvalue weighted by Gasteiger charge is -2.11. The van der Waals surface area contributed by atoms with Gasteiger partial charge in [-0.05, 0) is 31.7 Å². The molecule has 14 heavy (non-hydrogen) atoms. The van der Waals surface area contributed by atoms with Crippen molar-refractivity contribution in [1.82, 2.24) is 0 Å². The van der Waals surface area contributed by atoms with Crippen LogP contribution in [0.3, 0.4) is 0 Å². The summed E-state index contributed by atoms with van der Waals surface area (Å²) < 4.78 is 0. The summed E-state index contributed by atoms with van der Waals surface area (Å²) in [7, 11) is 0. The molecule has 1 aromatic carbocycles. The van der Waals surface area contributed by atoms with E-state index in [2.05, 4.69) is 37.8 Å². The second-order valence-electron chi connectivity index (χ2n) is 3.95. The van der Waals surface area contributed by atoms with Gasteiger partial charge in [-0.15, -0.1) is 6.58 Å². The van der Waals surface area contributed by atoms with Crippen LogP contribution in [-0.4, -0.2) is 6.04 Å². The molecule has 0 heterocycles. The maximum Gasteiger partial charge on any atom is 0.00823 e. The third-order valence-corrected chi connectivity index (χ3v) is 2.28. The molecule has 1 rings (SSSR count). The Hall–Kier alpha value is -1.08. The Morgan fingerprint density at radius 2 is 2.00 bits per heavy atom. The van der Waals surface area contributed by atoms with Gasteiger partial charge in [0.05, 0.1) is 0 Å². The van der Waals surface area contributed by atoms with E-state index in [1.807, 2.05) is 6.07 Å².